The zero-order chi connectivity index (χ0) is 14.9. The lowest BCUT2D eigenvalue weighted by Gasteiger charge is -2.19. The monoisotopic (exact) mass is 310 g/mol. The van der Waals surface area contributed by atoms with Crippen molar-refractivity contribution in [1.82, 2.24) is 9.97 Å². The van der Waals surface area contributed by atoms with Gasteiger partial charge in [0.05, 0.1) is 5.69 Å². The highest BCUT2D eigenvalue weighted by Gasteiger charge is 2.18. The summed E-state index contributed by atoms with van der Waals surface area (Å²) >= 11 is 12.0. The van der Waals surface area contributed by atoms with Crippen LogP contribution in [-0.4, -0.2) is 9.97 Å². The fourth-order valence-electron chi connectivity index (χ4n) is 1.72. The lowest BCUT2D eigenvalue weighted by atomic mass is 9.92. The van der Waals surface area contributed by atoms with Crippen LogP contribution < -0.4 is 11.3 Å². The average molecular weight is 311 g/mol. The second-order valence-electron chi connectivity index (χ2n) is 5.51. The highest BCUT2D eigenvalue weighted by Crippen LogP contribution is 2.28. The van der Waals surface area contributed by atoms with Gasteiger partial charge in [-0.15, -0.1) is 0 Å². The number of nitrogens with two attached hydrogens (primary N) is 1. The minimum atomic E-state index is -0.119. The Hall–Kier alpha value is -1.36. The molecule has 3 N–H and O–H groups in total. The maximum atomic E-state index is 6.02. The fraction of sp³-hybridized carbons (Fsp3) is 0.286. The summed E-state index contributed by atoms with van der Waals surface area (Å²) in [5.74, 6) is 6.57. The molecule has 20 heavy (non-hydrogen) atoms. The second-order valence-corrected chi connectivity index (χ2v) is 6.39. The number of nitrogen functional groups attached to an aromatic ring is 1. The number of halogens is 2. The van der Waals surface area contributed by atoms with Crippen LogP contribution in [0.3, 0.4) is 0 Å². The summed E-state index contributed by atoms with van der Waals surface area (Å²) in [6.07, 6.45) is 0. The van der Waals surface area contributed by atoms with Crippen LogP contribution in [0.1, 0.15) is 26.5 Å². The van der Waals surface area contributed by atoms with Gasteiger partial charge in [0, 0.05) is 27.1 Å². The van der Waals surface area contributed by atoms with Gasteiger partial charge in [-0.3, -0.25) is 0 Å². The highest BCUT2D eigenvalue weighted by atomic mass is 35.5. The molecule has 0 unspecified atom stereocenters. The Morgan fingerprint density at radius 1 is 1.00 bits per heavy atom. The zero-order valence-electron chi connectivity index (χ0n) is 11.5. The molecule has 4 nitrogen and oxygen atoms in total. The van der Waals surface area contributed by atoms with E-state index < -0.39 is 0 Å². The molecule has 0 aliphatic heterocycles. The van der Waals surface area contributed by atoms with Gasteiger partial charge >= 0.3 is 0 Å². The summed E-state index contributed by atoms with van der Waals surface area (Å²) in [5, 5.41) is 1.08. The van der Waals surface area contributed by atoms with Gasteiger partial charge < -0.3 is 5.43 Å². The van der Waals surface area contributed by atoms with Crippen molar-refractivity contribution in [3.8, 4) is 11.4 Å². The fourth-order valence-corrected chi connectivity index (χ4v) is 2.24. The largest absolute Gasteiger partial charge is 0.308 e. The van der Waals surface area contributed by atoms with E-state index in [1.165, 1.54) is 0 Å². The lowest BCUT2D eigenvalue weighted by molar-refractivity contribution is 0.568. The number of nitrogens with zero attached hydrogens (tertiary/aromatic N) is 2. The lowest BCUT2D eigenvalue weighted by Crippen LogP contribution is -2.17. The van der Waals surface area contributed by atoms with Crippen LogP contribution in [0.2, 0.25) is 10.0 Å². The minimum absolute atomic E-state index is 0.119. The van der Waals surface area contributed by atoms with Gasteiger partial charge in [0.25, 0.3) is 0 Å². The Labute approximate surface area is 128 Å². The molecule has 0 aliphatic rings. The van der Waals surface area contributed by atoms with E-state index in [-0.39, 0.29) is 5.41 Å². The maximum Gasteiger partial charge on any atom is 0.161 e. The number of hydrogen-bond acceptors (Lipinski definition) is 4. The Kier molecular flexibility index (Phi) is 4.18. The van der Waals surface area contributed by atoms with Crippen LogP contribution in [0, 0.1) is 0 Å². The first-order chi connectivity index (χ1) is 9.29. The summed E-state index contributed by atoms with van der Waals surface area (Å²) in [4.78, 5) is 8.93. The minimum Gasteiger partial charge on any atom is -0.308 e. The number of anilines is 1. The standard InChI is InChI=1S/C14H16Cl2N4/c1-14(2,3)11-7-12(20-17)19-13(18-11)8-4-9(15)6-10(16)5-8/h4-7H,17H2,1-3H3,(H,18,19,20). The van der Waals surface area contributed by atoms with E-state index in [1.807, 2.05) is 6.07 Å². The predicted octanol–water partition coefficient (Wildman–Crippen LogP) is 4.03. The van der Waals surface area contributed by atoms with Crippen LogP contribution in [0.15, 0.2) is 24.3 Å². The number of hydrogen-bond donors (Lipinski definition) is 2. The van der Waals surface area contributed by atoms with E-state index in [9.17, 15) is 0 Å². The Bertz CT molecular complexity index is 615. The van der Waals surface area contributed by atoms with Crippen LogP contribution in [-0.2, 0) is 5.41 Å². The number of aromatic nitrogens is 2. The molecule has 106 valence electrons. The third kappa shape index (κ3) is 3.39. The Morgan fingerprint density at radius 3 is 2.10 bits per heavy atom. The van der Waals surface area contributed by atoms with E-state index in [2.05, 4.69) is 36.2 Å². The van der Waals surface area contributed by atoms with E-state index in [0.717, 1.165) is 11.3 Å². The molecule has 0 saturated carbocycles. The van der Waals surface area contributed by atoms with E-state index in [0.29, 0.717) is 21.7 Å². The molecule has 0 atom stereocenters. The molecule has 1 heterocycles. The van der Waals surface area contributed by atoms with Crippen LogP contribution >= 0.6 is 23.2 Å². The van der Waals surface area contributed by atoms with Gasteiger partial charge in [-0.05, 0) is 18.2 Å². The van der Waals surface area contributed by atoms with Gasteiger partial charge in [-0.2, -0.15) is 0 Å². The van der Waals surface area contributed by atoms with Gasteiger partial charge in [-0.25, -0.2) is 15.8 Å². The molecule has 1 aromatic heterocycles. The summed E-state index contributed by atoms with van der Waals surface area (Å²) in [6.45, 7) is 6.22. The predicted molar refractivity (Wildman–Crippen MR) is 84.0 cm³/mol. The summed E-state index contributed by atoms with van der Waals surface area (Å²) < 4.78 is 0. The van der Waals surface area contributed by atoms with Gasteiger partial charge in [-0.1, -0.05) is 44.0 Å². The maximum absolute atomic E-state index is 6.02. The molecule has 2 aromatic rings. The molecule has 0 saturated heterocycles. The van der Waals surface area contributed by atoms with Gasteiger partial charge in [0.1, 0.15) is 5.82 Å². The van der Waals surface area contributed by atoms with Crippen molar-refractivity contribution >= 4 is 29.0 Å². The highest BCUT2D eigenvalue weighted by molar-refractivity contribution is 6.35. The molecule has 0 aliphatic carbocycles. The molecule has 0 fully saturated rings. The van der Waals surface area contributed by atoms with Crippen molar-refractivity contribution in [1.29, 1.82) is 0 Å². The summed E-state index contributed by atoms with van der Waals surface area (Å²) in [7, 11) is 0. The molecule has 6 heteroatoms. The molecule has 0 spiro atoms. The van der Waals surface area contributed by atoms with Crippen LogP contribution in [0.5, 0.6) is 0 Å². The molecule has 0 radical (unpaired) electrons. The average Bonchev–Trinajstić information content (AvgIpc) is 2.36. The van der Waals surface area contributed by atoms with Gasteiger partial charge in [0.2, 0.25) is 0 Å². The first kappa shape index (κ1) is 15.0. The summed E-state index contributed by atoms with van der Waals surface area (Å²) in [6, 6.07) is 7.04. The second kappa shape index (κ2) is 5.56. The van der Waals surface area contributed by atoms with Crippen molar-refractivity contribution in [2.75, 3.05) is 5.43 Å². The number of benzene rings is 1. The molecule has 0 bridgehead atoms. The Morgan fingerprint density at radius 2 is 1.60 bits per heavy atom. The number of rotatable bonds is 2. The van der Waals surface area contributed by atoms with Crippen molar-refractivity contribution in [2.24, 2.45) is 5.84 Å². The van der Waals surface area contributed by atoms with Crippen LogP contribution in [0.25, 0.3) is 11.4 Å². The molecular weight excluding hydrogens is 295 g/mol. The first-order valence-corrected chi connectivity index (χ1v) is 6.88. The summed E-state index contributed by atoms with van der Waals surface area (Å²) in [5.41, 5.74) is 4.08. The van der Waals surface area contributed by atoms with Crippen molar-refractivity contribution in [3.63, 3.8) is 0 Å². The molecule has 2 rings (SSSR count). The SMILES string of the molecule is CC(C)(C)c1cc(NN)nc(-c2cc(Cl)cc(Cl)c2)n1. The number of hydrazine groups is 1. The van der Waals surface area contributed by atoms with E-state index >= 15 is 0 Å². The van der Waals surface area contributed by atoms with E-state index in [1.54, 1.807) is 18.2 Å². The van der Waals surface area contributed by atoms with Gasteiger partial charge in [0.15, 0.2) is 5.82 Å². The smallest absolute Gasteiger partial charge is 0.161 e. The normalized spacial score (nSPS) is 11.5. The topological polar surface area (TPSA) is 63.8 Å². The molecule has 0 amide bonds. The Balaban J connectivity index is 2.61. The van der Waals surface area contributed by atoms with Crippen molar-refractivity contribution in [2.45, 2.75) is 26.2 Å². The zero-order valence-corrected chi connectivity index (χ0v) is 13.0. The molecular formula is C14H16Cl2N4. The third-order valence-corrected chi connectivity index (χ3v) is 3.20. The molecule has 1 aromatic carbocycles. The third-order valence-electron chi connectivity index (χ3n) is 2.76. The first-order valence-electron chi connectivity index (χ1n) is 6.12. The van der Waals surface area contributed by atoms with Crippen molar-refractivity contribution in [3.05, 3.63) is 40.0 Å². The van der Waals surface area contributed by atoms with E-state index in [4.69, 9.17) is 29.0 Å². The van der Waals surface area contributed by atoms with Crippen molar-refractivity contribution < 1.29 is 0 Å². The quantitative estimate of drug-likeness (QED) is 0.649. The number of nitrogens with one attached hydrogen (secondary N) is 1. The van der Waals surface area contributed by atoms with Crippen LogP contribution in [0.4, 0.5) is 5.82 Å².